The van der Waals surface area contributed by atoms with Crippen LogP contribution in [0, 0.1) is 6.92 Å². The minimum absolute atomic E-state index is 0.0742. The summed E-state index contributed by atoms with van der Waals surface area (Å²) in [6, 6.07) is 12.7. The first-order valence-corrected chi connectivity index (χ1v) is 10.7. The maximum atomic E-state index is 12.6. The molecule has 0 amide bonds. The van der Waals surface area contributed by atoms with Gasteiger partial charge in [-0.15, -0.1) is 0 Å². The molecule has 0 aliphatic carbocycles. The first-order valence-electron chi connectivity index (χ1n) is 9.93. The maximum Gasteiger partial charge on any atom is 0.416 e. The molecule has 2 heterocycles. The molecule has 0 saturated carbocycles. The fourth-order valence-electron chi connectivity index (χ4n) is 2.81. The molecule has 2 aromatic carbocycles. The SMILES string of the molecule is Cc1cc(-c2ccc[nH]2)cc(C(F)(F)F)c1.FC(F)(F)c1cc(Br)cc(C(F)(F)F)c1.c1cc[nH]c1. The molecule has 12 heteroatoms. The van der Waals surface area contributed by atoms with Crippen LogP contribution < -0.4 is 0 Å². The number of hydrogen-bond acceptors (Lipinski definition) is 0. The van der Waals surface area contributed by atoms with Gasteiger partial charge in [0.25, 0.3) is 0 Å². The summed E-state index contributed by atoms with van der Waals surface area (Å²) in [6.45, 7) is 1.65. The molecule has 0 fully saturated rings. The number of aromatic amines is 2. The average Bonchev–Trinajstić information content (AvgIpc) is 3.48. The lowest BCUT2D eigenvalue weighted by Gasteiger charge is -2.11. The summed E-state index contributed by atoms with van der Waals surface area (Å²) in [5, 5.41) is 0. The van der Waals surface area contributed by atoms with Gasteiger partial charge in [0.15, 0.2) is 0 Å². The average molecular weight is 585 g/mol. The van der Waals surface area contributed by atoms with Gasteiger partial charge in [-0.25, -0.2) is 0 Å². The van der Waals surface area contributed by atoms with Crippen LogP contribution in [0.2, 0.25) is 0 Å². The molecule has 0 atom stereocenters. The van der Waals surface area contributed by atoms with Gasteiger partial charge in [-0.3, -0.25) is 0 Å². The Bertz CT molecular complexity index is 1160. The van der Waals surface area contributed by atoms with Gasteiger partial charge < -0.3 is 9.97 Å². The van der Waals surface area contributed by atoms with Crippen molar-refractivity contribution in [1.29, 1.82) is 0 Å². The van der Waals surface area contributed by atoms with Gasteiger partial charge in [0, 0.05) is 28.8 Å². The Morgan fingerprint density at radius 2 is 1.11 bits per heavy atom. The minimum Gasteiger partial charge on any atom is -0.368 e. The van der Waals surface area contributed by atoms with Gasteiger partial charge in [-0.05, 0) is 78.7 Å². The molecule has 0 saturated heterocycles. The van der Waals surface area contributed by atoms with Crippen molar-refractivity contribution in [3.63, 3.8) is 0 Å². The second kappa shape index (κ2) is 11.7. The third kappa shape index (κ3) is 9.14. The zero-order chi connectivity index (χ0) is 27.1. The highest BCUT2D eigenvalue weighted by Crippen LogP contribution is 2.37. The number of halogens is 10. The highest BCUT2D eigenvalue weighted by Gasteiger charge is 2.36. The summed E-state index contributed by atoms with van der Waals surface area (Å²) in [5.74, 6) is 0. The van der Waals surface area contributed by atoms with Gasteiger partial charge in [-0.1, -0.05) is 15.9 Å². The van der Waals surface area contributed by atoms with Crippen molar-refractivity contribution in [2.75, 3.05) is 0 Å². The van der Waals surface area contributed by atoms with E-state index >= 15 is 0 Å². The Morgan fingerprint density at radius 3 is 1.50 bits per heavy atom. The molecule has 0 bridgehead atoms. The van der Waals surface area contributed by atoms with Crippen LogP contribution >= 0.6 is 15.9 Å². The van der Waals surface area contributed by atoms with E-state index in [-0.39, 0.29) is 10.5 Å². The summed E-state index contributed by atoms with van der Waals surface area (Å²) in [7, 11) is 0. The predicted octanol–water partition coefficient (Wildman–Crippen LogP) is 9.51. The van der Waals surface area contributed by atoms with Crippen molar-refractivity contribution in [2.45, 2.75) is 25.5 Å². The van der Waals surface area contributed by atoms with E-state index < -0.39 is 35.2 Å². The van der Waals surface area contributed by atoms with Gasteiger partial charge in [0.2, 0.25) is 0 Å². The number of H-pyrrole nitrogens is 2. The van der Waals surface area contributed by atoms with E-state index in [2.05, 4.69) is 25.9 Å². The van der Waals surface area contributed by atoms with Crippen molar-refractivity contribution < 1.29 is 39.5 Å². The highest BCUT2D eigenvalue weighted by atomic mass is 79.9. The summed E-state index contributed by atoms with van der Waals surface area (Å²) in [6.07, 6.45) is -8.44. The van der Waals surface area contributed by atoms with Crippen LogP contribution in [-0.2, 0) is 18.5 Å². The third-order valence-electron chi connectivity index (χ3n) is 4.36. The van der Waals surface area contributed by atoms with E-state index in [1.54, 1.807) is 31.3 Å². The number of hydrogen-bond donors (Lipinski definition) is 2. The lowest BCUT2D eigenvalue weighted by atomic mass is 10.0. The van der Waals surface area contributed by atoms with Crippen molar-refractivity contribution in [3.05, 3.63) is 106 Å². The van der Waals surface area contributed by atoms with Gasteiger partial charge >= 0.3 is 18.5 Å². The fraction of sp³-hybridized carbons (Fsp3) is 0.167. The Morgan fingerprint density at radius 1 is 0.611 bits per heavy atom. The van der Waals surface area contributed by atoms with Crippen molar-refractivity contribution in [2.24, 2.45) is 0 Å². The molecule has 36 heavy (non-hydrogen) atoms. The Balaban J connectivity index is 0.000000213. The number of nitrogens with one attached hydrogen (secondary N) is 2. The minimum atomic E-state index is -4.79. The Kier molecular flexibility index (Phi) is 9.47. The number of aromatic nitrogens is 2. The Labute approximate surface area is 208 Å². The smallest absolute Gasteiger partial charge is 0.368 e. The van der Waals surface area contributed by atoms with Crippen LogP contribution in [0.1, 0.15) is 22.3 Å². The first kappa shape index (κ1) is 29.1. The molecule has 0 spiro atoms. The van der Waals surface area contributed by atoms with Crippen LogP contribution in [0.15, 0.2) is 83.7 Å². The first-order chi connectivity index (χ1) is 16.6. The molecule has 194 valence electrons. The standard InChI is InChI=1S/C12H10F3N.C8H3BrF6.C4H5N/c1-8-5-9(11-3-2-4-16-11)7-10(6-8)12(13,14)15;9-6-2-4(7(10,11)12)1-5(3-6)8(13,14)15;1-2-4-5-3-1/h2-7,16H,1H3;1-3H;1-5H. The lowest BCUT2D eigenvalue weighted by Crippen LogP contribution is -2.10. The maximum absolute atomic E-state index is 12.6. The molecule has 0 aliphatic heterocycles. The molecule has 0 unspecified atom stereocenters. The zero-order valence-corrected chi connectivity index (χ0v) is 19.9. The van der Waals surface area contributed by atoms with Crippen LogP contribution in [0.3, 0.4) is 0 Å². The van der Waals surface area contributed by atoms with Crippen LogP contribution in [0.4, 0.5) is 39.5 Å². The zero-order valence-electron chi connectivity index (χ0n) is 18.3. The lowest BCUT2D eigenvalue weighted by molar-refractivity contribution is -0.143. The van der Waals surface area contributed by atoms with Crippen LogP contribution in [0.5, 0.6) is 0 Å². The van der Waals surface area contributed by atoms with E-state index in [1.165, 1.54) is 0 Å². The fourth-order valence-corrected chi connectivity index (χ4v) is 3.30. The number of alkyl halides is 9. The highest BCUT2D eigenvalue weighted by molar-refractivity contribution is 9.10. The van der Waals surface area contributed by atoms with Crippen molar-refractivity contribution >= 4 is 15.9 Å². The predicted molar refractivity (Wildman–Crippen MR) is 121 cm³/mol. The largest absolute Gasteiger partial charge is 0.416 e. The van der Waals surface area contributed by atoms with Crippen LogP contribution in [0.25, 0.3) is 11.3 Å². The quantitative estimate of drug-likeness (QED) is 0.209. The topological polar surface area (TPSA) is 31.6 Å². The van der Waals surface area contributed by atoms with E-state index in [4.69, 9.17) is 0 Å². The van der Waals surface area contributed by atoms with E-state index in [9.17, 15) is 39.5 Å². The normalized spacial score (nSPS) is 11.8. The number of rotatable bonds is 1. The van der Waals surface area contributed by atoms with E-state index in [0.717, 1.165) is 12.1 Å². The molecular weight excluding hydrogens is 567 g/mol. The summed E-state index contributed by atoms with van der Waals surface area (Å²) in [5.41, 5.74) is -1.43. The molecule has 0 radical (unpaired) electrons. The second-order valence-corrected chi connectivity index (χ2v) is 8.19. The molecule has 4 aromatic rings. The molecule has 2 aromatic heterocycles. The van der Waals surface area contributed by atoms with E-state index in [0.29, 0.717) is 29.0 Å². The molecule has 2 nitrogen and oxygen atoms in total. The van der Waals surface area contributed by atoms with Crippen molar-refractivity contribution in [1.82, 2.24) is 9.97 Å². The molecular formula is C24H18BrF9N2. The van der Waals surface area contributed by atoms with Crippen molar-refractivity contribution in [3.8, 4) is 11.3 Å². The number of benzene rings is 2. The monoisotopic (exact) mass is 584 g/mol. The Hall–Kier alpha value is -3.15. The summed E-state index contributed by atoms with van der Waals surface area (Å²) >= 11 is 2.60. The van der Waals surface area contributed by atoms with E-state index in [1.807, 2.05) is 24.5 Å². The molecule has 4 rings (SSSR count). The third-order valence-corrected chi connectivity index (χ3v) is 4.82. The summed E-state index contributed by atoms with van der Waals surface area (Å²) in [4.78, 5) is 5.75. The van der Waals surface area contributed by atoms with Crippen LogP contribution in [-0.4, -0.2) is 9.97 Å². The second-order valence-electron chi connectivity index (χ2n) is 7.28. The van der Waals surface area contributed by atoms with Gasteiger partial charge in [0.1, 0.15) is 0 Å². The number of aryl methyl sites for hydroxylation is 1. The molecule has 0 aliphatic rings. The summed E-state index contributed by atoms with van der Waals surface area (Å²) < 4.78 is 110. The molecule has 2 N–H and O–H groups in total. The van der Waals surface area contributed by atoms with Gasteiger partial charge in [0.05, 0.1) is 16.7 Å². The van der Waals surface area contributed by atoms with Gasteiger partial charge in [-0.2, -0.15) is 39.5 Å².